The Labute approximate surface area is 160 Å². The molecule has 3 aromatic heterocycles. The van der Waals surface area contributed by atoms with E-state index >= 15 is 0 Å². The van der Waals surface area contributed by atoms with Crippen LogP contribution in [0.4, 0.5) is 0 Å². The van der Waals surface area contributed by atoms with E-state index in [2.05, 4.69) is 24.5 Å². The van der Waals surface area contributed by atoms with Crippen molar-refractivity contribution in [2.45, 2.75) is 45.1 Å². The maximum absolute atomic E-state index is 12.1. The van der Waals surface area contributed by atoms with Gasteiger partial charge in [-0.05, 0) is 41.1 Å². The minimum atomic E-state index is -0.157. The summed E-state index contributed by atoms with van der Waals surface area (Å²) in [6.07, 6.45) is 12.4. The van der Waals surface area contributed by atoms with Crippen LogP contribution in [-0.4, -0.2) is 36.7 Å². The van der Waals surface area contributed by atoms with Crippen LogP contribution in [-0.2, 0) is 9.53 Å². The van der Waals surface area contributed by atoms with Gasteiger partial charge in [-0.1, -0.05) is 12.8 Å². The Morgan fingerprint density at radius 1 is 1.37 bits per heavy atom. The van der Waals surface area contributed by atoms with Crippen LogP contribution in [0.1, 0.15) is 45.1 Å². The van der Waals surface area contributed by atoms with Gasteiger partial charge in [-0.2, -0.15) is 5.10 Å². The highest BCUT2D eigenvalue weighted by atomic mass is 31.0. The maximum atomic E-state index is 12.1. The third-order valence-corrected chi connectivity index (χ3v) is 5.77. The monoisotopic (exact) mass is 385 g/mol. The molecule has 0 bridgehead atoms. The third kappa shape index (κ3) is 3.61. The summed E-state index contributed by atoms with van der Waals surface area (Å²) < 4.78 is 9.03. The lowest BCUT2D eigenvalue weighted by Gasteiger charge is -2.23. The highest BCUT2D eigenvalue weighted by Crippen LogP contribution is 2.37. The molecule has 3 aromatic rings. The minimum absolute atomic E-state index is 0.0314. The zero-order chi connectivity index (χ0) is 18.8. The van der Waals surface area contributed by atoms with E-state index in [-0.39, 0.29) is 12.0 Å². The standard InChI is InChI=1S/C19H24N5O2P/c1-2-26-17(25)9-16(13-5-3-4-6-13)23-11-14(10-22-23)18-15-7-8-24(27)19(15)21-12-20-18/h7-8,10-13,16H,2-6,9,27H2,1H3/t16-/m1/s1. The van der Waals surface area contributed by atoms with Gasteiger partial charge in [0.15, 0.2) is 0 Å². The van der Waals surface area contributed by atoms with Crippen LogP contribution in [0.3, 0.4) is 0 Å². The first kappa shape index (κ1) is 18.1. The molecule has 0 N–H and O–H groups in total. The van der Waals surface area contributed by atoms with Gasteiger partial charge in [0.05, 0.1) is 31.0 Å². The van der Waals surface area contributed by atoms with E-state index in [1.807, 2.05) is 40.6 Å². The van der Waals surface area contributed by atoms with Crippen LogP contribution in [0, 0.1) is 5.92 Å². The SMILES string of the molecule is CCOC(=O)C[C@H](C1CCCC1)n1cc(-c2ncnc3c2ccn3P)cn1. The van der Waals surface area contributed by atoms with E-state index in [0.717, 1.165) is 35.1 Å². The van der Waals surface area contributed by atoms with E-state index in [1.54, 1.807) is 6.33 Å². The quantitative estimate of drug-likeness (QED) is 0.479. The number of carbonyl (C=O) groups is 1. The highest BCUT2D eigenvalue weighted by Gasteiger charge is 2.30. The number of fused-ring (bicyclic) bond motifs is 1. The first-order valence-electron chi connectivity index (χ1n) is 9.44. The van der Waals surface area contributed by atoms with Crippen molar-refractivity contribution in [3.8, 4) is 11.3 Å². The first-order chi connectivity index (χ1) is 13.2. The van der Waals surface area contributed by atoms with Gasteiger partial charge < -0.3 is 9.07 Å². The van der Waals surface area contributed by atoms with E-state index in [0.29, 0.717) is 18.9 Å². The summed E-state index contributed by atoms with van der Waals surface area (Å²) in [6, 6.07) is 2.03. The van der Waals surface area contributed by atoms with Crippen LogP contribution in [0.5, 0.6) is 0 Å². The Morgan fingerprint density at radius 2 is 2.19 bits per heavy atom. The van der Waals surface area contributed by atoms with Crippen LogP contribution in [0.15, 0.2) is 31.0 Å². The zero-order valence-corrected chi connectivity index (χ0v) is 16.6. The molecule has 2 atom stereocenters. The molecule has 7 nitrogen and oxygen atoms in total. The molecule has 1 aliphatic carbocycles. The molecule has 1 aliphatic rings. The fourth-order valence-corrected chi connectivity index (χ4v) is 4.34. The lowest BCUT2D eigenvalue weighted by atomic mass is 9.95. The van der Waals surface area contributed by atoms with Crippen molar-refractivity contribution in [3.05, 3.63) is 31.0 Å². The lowest BCUT2D eigenvalue weighted by Crippen LogP contribution is -2.22. The van der Waals surface area contributed by atoms with Crippen LogP contribution >= 0.6 is 9.39 Å². The van der Waals surface area contributed by atoms with Crippen molar-refractivity contribution in [2.75, 3.05) is 6.61 Å². The van der Waals surface area contributed by atoms with Crippen LogP contribution in [0.25, 0.3) is 22.3 Å². The number of esters is 1. The van der Waals surface area contributed by atoms with E-state index in [9.17, 15) is 4.79 Å². The van der Waals surface area contributed by atoms with Crippen LogP contribution < -0.4 is 0 Å². The summed E-state index contributed by atoms with van der Waals surface area (Å²) in [5.41, 5.74) is 2.65. The summed E-state index contributed by atoms with van der Waals surface area (Å²) in [7, 11) is 2.62. The Kier molecular flexibility index (Phi) is 5.21. The van der Waals surface area contributed by atoms with Crippen molar-refractivity contribution >= 4 is 26.4 Å². The molecule has 0 radical (unpaired) electrons. The first-order valence-corrected chi connectivity index (χ1v) is 9.96. The number of nitrogens with zero attached hydrogens (tertiary/aromatic N) is 5. The van der Waals surface area contributed by atoms with E-state index in [1.165, 1.54) is 12.8 Å². The molecular formula is C19H24N5O2P. The smallest absolute Gasteiger partial charge is 0.307 e. The summed E-state index contributed by atoms with van der Waals surface area (Å²) in [5.74, 6) is 0.302. The molecule has 3 heterocycles. The molecule has 0 saturated heterocycles. The Bertz CT molecular complexity index is 945. The number of aromatic nitrogens is 5. The molecule has 8 heteroatoms. The number of hydrogen-bond acceptors (Lipinski definition) is 5. The molecule has 1 unspecified atom stereocenters. The second kappa shape index (κ2) is 7.77. The topological polar surface area (TPSA) is 74.8 Å². The zero-order valence-electron chi connectivity index (χ0n) is 15.4. The highest BCUT2D eigenvalue weighted by molar-refractivity contribution is 7.14. The fourth-order valence-electron chi connectivity index (χ4n) is 4.05. The van der Waals surface area contributed by atoms with Crippen molar-refractivity contribution < 1.29 is 9.53 Å². The van der Waals surface area contributed by atoms with Gasteiger partial charge in [-0.3, -0.25) is 9.48 Å². The molecule has 27 heavy (non-hydrogen) atoms. The molecule has 1 fully saturated rings. The third-order valence-electron chi connectivity index (χ3n) is 5.35. The fraction of sp³-hybridized carbons (Fsp3) is 0.474. The number of carbonyl (C=O) groups excluding carboxylic acids is 1. The second-order valence-electron chi connectivity index (χ2n) is 7.01. The maximum Gasteiger partial charge on any atom is 0.307 e. The molecule has 1 saturated carbocycles. The lowest BCUT2D eigenvalue weighted by molar-refractivity contribution is -0.144. The predicted octanol–water partition coefficient (Wildman–Crippen LogP) is 3.62. The molecule has 4 rings (SSSR count). The Hall–Kier alpha value is -2.27. The van der Waals surface area contributed by atoms with E-state index < -0.39 is 0 Å². The molecule has 0 aliphatic heterocycles. The van der Waals surface area contributed by atoms with Crippen molar-refractivity contribution in [2.24, 2.45) is 5.92 Å². The predicted molar refractivity (Wildman–Crippen MR) is 106 cm³/mol. The van der Waals surface area contributed by atoms with Gasteiger partial charge in [0.2, 0.25) is 0 Å². The average Bonchev–Trinajstić information content (AvgIpc) is 3.41. The largest absolute Gasteiger partial charge is 0.466 e. The summed E-state index contributed by atoms with van der Waals surface area (Å²) in [6.45, 7) is 2.25. The molecule has 142 valence electrons. The number of ether oxygens (including phenoxy) is 1. The van der Waals surface area contributed by atoms with Gasteiger partial charge in [-0.25, -0.2) is 9.97 Å². The summed E-state index contributed by atoms with van der Waals surface area (Å²) >= 11 is 0. The van der Waals surface area contributed by atoms with Gasteiger partial charge in [0.25, 0.3) is 0 Å². The Morgan fingerprint density at radius 3 is 2.96 bits per heavy atom. The van der Waals surface area contributed by atoms with Crippen LogP contribution in [0.2, 0.25) is 0 Å². The molecular weight excluding hydrogens is 361 g/mol. The molecule has 0 amide bonds. The molecule has 0 aromatic carbocycles. The van der Waals surface area contributed by atoms with Crippen molar-refractivity contribution in [1.82, 2.24) is 24.1 Å². The van der Waals surface area contributed by atoms with Crippen molar-refractivity contribution in [1.29, 1.82) is 0 Å². The number of rotatable bonds is 6. The second-order valence-corrected chi connectivity index (χ2v) is 7.57. The molecule has 0 spiro atoms. The summed E-state index contributed by atoms with van der Waals surface area (Å²) in [4.78, 5) is 21.0. The average molecular weight is 385 g/mol. The van der Waals surface area contributed by atoms with Gasteiger partial charge in [0, 0.05) is 23.3 Å². The van der Waals surface area contributed by atoms with E-state index in [4.69, 9.17) is 4.74 Å². The van der Waals surface area contributed by atoms with Gasteiger partial charge in [-0.15, -0.1) is 0 Å². The Balaban J connectivity index is 1.66. The summed E-state index contributed by atoms with van der Waals surface area (Å²) in [5, 5.41) is 5.58. The van der Waals surface area contributed by atoms with Crippen molar-refractivity contribution in [3.63, 3.8) is 0 Å². The van der Waals surface area contributed by atoms with Gasteiger partial charge >= 0.3 is 5.97 Å². The normalized spacial score (nSPS) is 16.1. The number of hydrogen-bond donors (Lipinski definition) is 0. The van der Waals surface area contributed by atoms with Gasteiger partial charge in [0.1, 0.15) is 12.0 Å². The minimum Gasteiger partial charge on any atom is -0.466 e.